The maximum absolute atomic E-state index is 4.44. The maximum atomic E-state index is 4.44. The summed E-state index contributed by atoms with van der Waals surface area (Å²) in [6.45, 7) is 2.01. The van der Waals surface area contributed by atoms with Crippen LogP contribution >= 0.6 is 0 Å². The zero-order chi connectivity index (χ0) is 11.7. The number of aryl methyl sites for hydroxylation is 1. The summed E-state index contributed by atoms with van der Waals surface area (Å²) in [6, 6.07) is 11.9. The number of benzene rings is 1. The van der Waals surface area contributed by atoms with E-state index in [-0.39, 0.29) is 0 Å². The van der Waals surface area contributed by atoms with Gasteiger partial charge in [-0.05, 0) is 30.7 Å². The van der Waals surface area contributed by atoms with E-state index < -0.39 is 0 Å². The molecule has 4 heteroatoms. The molecule has 0 spiro atoms. The van der Waals surface area contributed by atoms with Crippen molar-refractivity contribution < 1.29 is 0 Å². The van der Waals surface area contributed by atoms with Crippen molar-refractivity contribution in [3.63, 3.8) is 0 Å². The third kappa shape index (κ3) is 1.85. The molecular weight excluding hydrogens is 212 g/mol. The van der Waals surface area contributed by atoms with Crippen molar-refractivity contribution >= 4 is 22.8 Å². The zero-order valence-electron chi connectivity index (χ0n) is 9.44. The van der Waals surface area contributed by atoms with Crippen LogP contribution in [-0.2, 0) is 0 Å². The van der Waals surface area contributed by atoms with E-state index in [2.05, 4.69) is 20.3 Å². The number of aromatic amines is 1. The quantitative estimate of drug-likeness (QED) is 0.703. The van der Waals surface area contributed by atoms with Crippen LogP contribution < -0.4 is 5.32 Å². The average molecular weight is 224 g/mol. The molecule has 0 bridgehead atoms. The Hall–Kier alpha value is -2.36. The largest absolute Gasteiger partial charge is 0.324 e. The Bertz CT molecular complexity index is 624. The number of nitrogens with one attached hydrogen (secondary N) is 2. The van der Waals surface area contributed by atoms with Gasteiger partial charge in [-0.2, -0.15) is 0 Å². The number of pyridine rings is 1. The lowest BCUT2D eigenvalue weighted by Crippen LogP contribution is -1.96. The first-order valence-corrected chi connectivity index (χ1v) is 5.46. The zero-order valence-corrected chi connectivity index (χ0v) is 9.44. The molecule has 0 fully saturated rings. The molecule has 17 heavy (non-hydrogen) atoms. The fraction of sp³-hybridized carbons (Fsp3) is 0.0769. The highest BCUT2D eigenvalue weighted by atomic mass is 15.1. The van der Waals surface area contributed by atoms with E-state index in [9.17, 15) is 0 Å². The Labute approximate surface area is 98.7 Å². The SMILES string of the molecule is Cc1cccnc1Nc1nc2ccccc2[nH]1. The van der Waals surface area contributed by atoms with Gasteiger partial charge in [-0.3, -0.25) is 0 Å². The summed E-state index contributed by atoms with van der Waals surface area (Å²) in [5.74, 6) is 1.54. The van der Waals surface area contributed by atoms with Crippen LogP contribution in [0.1, 0.15) is 5.56 Å². The van der Waals surface area contributed by atoms with Gasteiger partial charge in [-0.1, -0.05) is 18.2 Å². The second-order valence-electron chi connectivity index (χ2n) is 3.90. The lowest BCUT2D eigenvalue weighted by atomic mass is 10.3. The summed E-state index contributed by atoms with van der Waals surface area (Å²) < 4.78 is 0. The van der Waals surface area contributed by atoms with Gasteiger partial charge >= 0.3 is 0 Å². The van der Waals surface area contributed by atoms with Gasteiger partial charge < -0.3 is 10.3 Å². The fourth-order valence-electron chi connectivity index (χ4n) is 1.74. The molecule has 0 radical (unpaired) electrons. The van der Waals surface area contributed by atoms with Gasteiger partial charge in [0.05, 0.1) is 11.0 Å². The Morgan fingerprint density at radius 2 is 2.00 bits per heavy atom. The van der Waals surface area contributed by atoms with Crippen LogP contribution in [0.3, 0.4) is 0 Å². The molecule has 2 heterocycles. The highest BCUT2D eigenvalue weighted by Gasteiger charge is 2.04. The summed E-state index contributed by atoms with van der Waals surface area (Å²) in [7, 11) is 0. The van der Waals surface area contributed by atoms with E-state index >= 15 is 0 Å². The summed E-state index contributed by atoms with van der Waals surface area (Å²) >= 11 is 0. The van der Waals surface area contributed by atoms with Crippen molar-refractivity contribution in [2.75, 3.05) is 5.32 Å². The van der Waals surface area contributed by atoms with Crippen molar-refractivity contribution in [3.8, 4) is 0 Å². The summed E-state index contributed by atoms with van der Waals surface area (Å²) in [6.07, 6.45) is 1.76. The van der Waals surface area contributed by atoms with Crippen molar-refractivity contribution in [2.24, 2.45) is 0 Å². The second kappa shape index (κ2) is 3.90. The van der Waals surface area contributed by atoms with Gasteiger partial charge in [0.25, 0.3) is 0 Å². The Kier molecular flexibility index (Phi) is 2.26. The maximum Gasteiger partial charge on any atom is 0.206 e. The summed E-state index contributed by atoms with van der Waals surface area (Å²) in [5.41, 5.74) is 3.06. The standard InChI is InChI=1S/C13H12N4/c1-9-5-4-8-14-12(9)17-13-15-10-6-2-3-7-11(10)16-13/h2-8H,1H3,(H2,14,15,16,17). The van der Waals surface area contributed by atoms with E-state index in [0.717, 1.165) is 22.4 Å². The predicted molar refractivity (Wildman–Crippen MR) is 68.4 cm³/mol. The predicted octanol–water partition coefficient (Wildman–Crippen LogP) is 3.01. The number of imidazole rings is 1. The fourth-order valence-corrected chi connectivity index (χ4v) is 1.74. The molecule has 1 aromatic carbocycles. The lowest BCUT2D eigenvalue weighted by molar-refractivity contribution is 1.21. The first-order valence-electron chi connectivity index (χ1n) is 5.46. The number of hydrogen-bond donors (Lipinski definition) is 2. The van der Waals surface area contributed by atoms with E-state index in [0.29, 0.717) is 5.95 Å². The van der Waals surface area contributed by atoms with Gasteiger partial charge in [0.1, 0.15) is 5.82 Å². The van der Waals surface area contributed by atoms with Crippen LogP contribution in [0.15, 0.2) is 42.6 Å². The number of hydrogen-bond acceptors (Lipinski definition) is 3. The molecule has 3 rings (SSSR count). The molecule has 0 atom stereocenters. The molecule has 0 aliphatic rings. The van der Waals surface area contributed by atoms with Crippen LogP contribution in [0.4, 0.5) is 11.8 Å². The van der Waals surface area contributed by atoms with Gasteiger partial charge in [0.15, 0.2) is 0 Å². The minimum absolute atomic E-state index is 0.716. The number of nitrogens with zero attached hydrogens (tertiary/aromatic N) is 2. The van der Waals surface area contributed by atoms with Crippen molar-refractivity contribution in [3.05, 3.63) is 48.2 Å². The molecule has 0 aliphatic carbocycles. The van der Waals surface area contributed by atoms with E-state index in [4.69, 9.17) is 0 Å². The third-order valence-corrected chi connectivity index (χ3v) is 2.64. The highest BCUT2D eigenvalue weighted by molar-refractivity contribution is 5.78. The minimum Gasteiger partial charge on any atom is -0.324 e. The van der Waals surface area contributed by atoms with E-state index in [1.807, 2.05) is 43.3 Å². The molecule has 0 unspecified atom stereocenters. The third-order valence-electron chi connectivity index (χ3n) is 2.64. The van der Waals surface area contributed by atoms with Crippen molar-refractivity contribution in [1.29, 1.82) is 0 Å². The normalized spacial score (nSPS) is 10.6. The molecular formula is C13H12N4. The molecule has 2 aromatic heterocycles. The molecule has 84 valence electrons. The minimum atomic E-state index is 0.716. The number of para-hydroxylation sites is 2. The topological polar surface area (TPSA) is 53.6 Å². The number of H-pyrrole nitrogens is 1. The molecule has 2 N–H and O–H groups in total. The monoisotopic (exact) mass is 224 g/mol. The summed E-state index contributed by atoms with van der Waals surface area (Å²) in [5, 5.41) is 3.18. The highest BCUT2D eigenvalue weighted by Crippen LogP contribution is 2.18. The second-order valence-corrected chi connectivity index (χ2v) is 3.90. The van der Waals surface area contributed by atoms with Gasteiger partial charge in [0.2, 0.25) is 5.95 Å². The van der Waals surface area contributed by atoms with Crippen molar-refractivity contribution in [2.45, 2.75) is 6.92 Å². The Morgan fingerprint density at radius 3 is 2.82 bits per heavy atom. The number of anilines is 2. The number of fused-ring (bicyclic) bond motifs is 1. The van der Waals surface area contributed by atoms with Gasteiger partial charge in [-0.25, -0.2) is 9.97 Å². The Balaban J connectivity index is 1.98. The Morgan fingerprint density at radius 1 is 1.12 bits per heavy atom. The van der Waals surface area contributed by atoms with Crippen LogP contribution in [0, 0.1) is 6.92 Å². The van der Waals surface area contributed by atoms with Crippen LogP contribution in [0.2, 0.25) is 0 Å². The van der Waals surface area contributed by atoms with E-state index in [1.165, 1.54) is 0 Å². The molecule has 0 saturated carbocycles. The van der Waals surface area contributed by atoms with Gasteiger partial charge in [0, 0.05) is 6.20 Å². The molecule has 3 aromatic rings. The number of aromatic nitrogens is 3. The van der Waals surface area contributed by atoms with Crippen LogP contribution in [0.25, 0.3) is 11.0 Å². The summed E-state index contributed by atoms with van der Waals surface area (Å²) in [4.78, 5) is 11.9. The van der Waals surface area contributed by atoms with Gasteiger partial charge in [-0.15, -0.1) is 0 Å². The smallest absolute Gasteiger partial charge is 0.206 e. The molecule has 0 saturated heterocycles. The average Bonchev–Trinajstić information content (AvgIpc) is 2.74. The first-order chi connectivity index (χ1) is 8.33. The first kappa shape index (κ1) is 9.84. The van der Waals surface area contributed by atoms with Crippen molar-refractivity contribution in [1.82, 2.24) is 15.0 Å². The number of rotatable bonds is 2. The van der Waals surface area contributed by atoms with E-state index in [1.54, 1.807) is 6.20 Å². The molecule has 4 nitrogen and oxygen atoms in total. The van der Waals surface area contributed by atoms with Crippen LogP contribution in [-0.4, -0.2) is 15.0 Å². The van der Waals surface area contributed by atoms with Crippen LogP contribution in [0.5, 0.6) is 0 Å². The molecule has 0 aliphatic heterocycles. The lowest BCUT2D eigenvalue weighted by Gasteiger charge is -2.03. The molecule has 0 amide bonds.